The summed E-state index contributed by atoms with van der Waals surface area (Å²) in [6.07, 6.45) is 0.980. The summed E-state index contributed by atoms with van der Waals surface area (Å²) in [5.74, 6) is 0. The summed E-state index contributed by atoms with van der Waals surface area (Å²) in [6, 6.07) is 12.7. The number of hydrogen-bond acceptors (Lipinski definition) is 4. The van der Waals surface area contributed by atoms with Gasteiger partial charge in [-0.05, 0) is 43.1 Å². The van der Waals surface area contributed by atoms with Gasteiger partial charge in [0.15, 0.2) is 0 Å². The number of ether oxygens (including phenoxy) is 1. The van der Waals surface area contributed by atoms with Crippen molar-refractivity contribution in [1.82, 2.24) is 4.90 Å². The number of rotatable bonds is 8. The smallest absolute Gasteiger partial charge is 0.104 e. The quantitative estimate of drug-likeness (QED) is 0.799. The van der Waals surface area contributed by atoms with E-state index in [-0.39, 0.29) is 25.1 Å². The molecule has 0 amide bonds. The maximum absolute atomic E-state index is 8.96. The van der Waals surface area contributed by atoms with Crippen LogP contribution in [0.15, 0.2) is 41.8 Å². The normalized spacial score (nSPS) is 12.2. The third-order valence-electron chi connectivity index (χ3n) is 3.18. The number of nitrogens with zero attached hydrogens (tertiary/aromatic N) is 1. The van der Waals surface area contributed by atoms with Crippen LogP contribution < -0.4 is 0 Å². The molecule has 0 saturated heterocycles. The monoisotopic (exact) mass is 341 g/mol. The van der Waals surface area contributed by atoms with Crippen LogP contribution >= 0.6 is 23.7 Å². The second kappa shape index (κ2) is 9.98. The average molecular weight is 342 g/mol. The minimum atomic E-state index is 0. The molecule has 1 aromatic carbocycles. The van der Waals surface area contributed by atoms with Crippen LogP contribution in [-0.2, 0) is 11.2 Å². The first-order valence-electron chi connectivity index (χ1n) is 7.17. The van der Waals surface area contributed by atoms with Gasteiger partial charge in [0.2, 0.25) is 0 Å². The Labute approximate surface area is 143 Å². The highest BCUT2D eigenvalue weighted by Gasteiger charge is 2.15. The van der Waals surface area contributed by atoms with Crippen LogP contribution in [0.25, 0.3) is 0 Å². The van der Waals surface area contributed by atoms with E-state index in [2.05, 4.69) is 40.6 Å². The van der Waals surface area contributed by atoms with Gasteiger partial charge < -0.3 is 14.7 Å². The summed E-state index contributed by atoms with van der Waals surface area (Å²) < 4.78 is 5.77. The van der Waals surface area contributed by atoms with Gasteiger partial charge in [-0.3, -0.25) is 0 Å². The number of thiophene rings is 1. The third kappa shape index (κ3) is 6.07. The molecule has 0 aliphatic heterocycles. The highest BCUT2D eigenvalue weighted by atomic mass is 35.5. The van der Waals surface area contributed by atoms with E-state index in [1.165, 1.54) is 16.0 Å². The summed E-state index contributed by atoms with van der Waals surface area (Å²) in [4.78, 5) is 3.33. The van der Waals surface area contributed by atoms with E-state index < -0.39 is 0 Å². The van der Waals surface area contributed by atoms with Gasteiger partial charge in [0, 0.05) is 11.4 Å². The van der Waals surface area contributed by atoms with Gasteiger partial charge in [-0.25, -0.2) is 0 Å². The summed E-state index contributed by atoms with van der Waals surface area (Å²) >= 11 is 1.74. The Bertz CT molecular complexity index is 530. The molecular formula is C17H24ClNO2S. The number of aliphatic hydroxyl groups is 1. The highest BCUT2D eigenvalue weighted by Crippen LogP contribution is 2.27. The van der Waals surface area contributed by atoms with Crippen molar-refractivity contribution in [3.63, 3.8) is 0 Å². The minimum absolute atomic E-state index is 0. The van der Waals surface area contributed by atoms with Gasteiger partial charge in [-0.2, -0.15) is 0 Å². The zero-order valence-corrected chi connectivity index (χ0v) is 14.7. The lowest BCUT2D eigenvalue weighted by atomic mass is 10.1. The Balaban J connectivity index is 0.00000242. The molecule has 1 unspecified atom stereocenters. The molecule has 0 radical (unpaired) electrons. The van der Waals surface area contributed by atoms with Crippen LogP contribution in [0.3, 0.4) is 0 Å². The van der Waals surface area contributed by atoms with Crippen molar-refractivity contribution in [2.75, 3.05) is 33.9 Å². The fourth-order valence-corrected chi connectivity index (χ4v) is 3.19. The van der Waals surface area contributed by atoms with E-state index in [9.17, 15) is 0 Å². The van der Waals surface area contributed by atoms with E-state index in [1.54, 1.807) is 11.3 Å². The maximum atomic E-state index is 8.96. The molecule has 3 nitrogen and oxygen atoms in total. The fourth-order valence-electron chi connectivity index (χ4n) is 2.24. The Kier molecular flexibility index (Phi) is 8.68. The first-order valence-corrected chi connectivity index (χ1v) is 8.05. The van der Waals surface area contributed by atoms with E-state index >= 15 is 0 Å². The van der Waals surface area contributed by atoms with E-state index in [4.69, 9.17) is 9.84 Å². The van der Waals surface area contributed by atoms with E-state index in [1.807, 2.05) is 20.2 Å². The summed E-state index contributed by atoms with van der Waals surface area (Å²) in [5.41, 5.74) is 2.64. The SMILES string of the molecule is CN(C)CC(OCCO)c1cc(Cc2ccccc2)cs1.Cl. The lowest BCUT2D eigenvalue weighted by molar-refractivity contribution is 0.0160. The molecule has 2 aromatic rings. The summed E-state index contributed by atoms with van der Waals surface area (Å²) in [5, 5.41) is 11.2. The first kappa shape index (κ1) is 19.1. The molecule has 0 aliphatic rings. The predicted molar refractivity (Wildman–Crippen MR) is 95.1 cm³/mol. The molecule has 22 heavy (non-hydrogen) atoms. The largest absolute Gasteiger partial charge is 0.394 e. The molecule has 1 heterocycles. The van der Waals surface area contributed by atoms with Crippen molar-refractivity contribution < 1.29 is 9.84 Å². The van der Waals surface area contributed by atoms with Gasteiger partial charge in [0.1, 0.15) is 6.10 Å². The average Bonchev–Trinajstić information content (AvgIpc) is 2.92. The van der Waals surface area contributed by atoms with Crippen molar-refractivity contribution in [2.45, 2.75) is 12.5 Å². The zero-order valence-electron chi connectivity index (χ0n) is 13.1. The summed E-state index contributed by atoms with van der Waals surface area (Å²) in [7, 11) is 4.07. The van der Waals surface area contributed by atoms with Crippen LogP contribution in [0.1, 0.15) is 22.1 Å². The molecule has 0 saturated carbocycles. The lowest BCUT2D eigenvalue weighted by Gasteiger charge is -2.20. The second-order valence-electron chi connectivity index (χ2n) is 5.36. The molecule has 1 N–H and O–H groups in total. The molecule has 1 aromatic heterocycles. The number of halogens is 1. The Morgan fingerprint density at radius 3 is 2.55 bits per heavy atom. The van der Waals surface area contributed by atoms with Crippen molar-refractivity contribution >= 4 is 23.7 Å². The Morgan fingerprint density at radius 1 is 1.18 bits per heavy atom. The van der Waals surface area contributed by atoms with Crippen molar-refractivity contribution in [3.05, 3.63) is 57.8 Å². The second-order valence-corrected chi connectivity index (χ2v) is 6.31. The fraction of sp³-hybridized carbons (Fsp3) is 0.412. The number of benzene rings is 1. The molecule has 122 valence electrons. The van der Waals surface area contributed by atoms with Crippen molar-refractivity contribution in [1.29, 1.82) is 0 Å². The highest BCUT2D eigenvalue weighted by molar-refractivity contribution is 7.10. The molecule has 5 heteroatoms. The maximum Gasteiger partial charge on any atom is 0.104 e. The lowest BCUT2D eigenvalue weighted by Crippen LogP contribution is -2.22. The Morgan fingerprint density at radius 2 is 1.91 bits per heavy atom. The van der Waals surface area contributed by atoms with Crippen LogP contribution in [0.5, 0.6) is 0 Å². The number of aliphatic hydroxyl groups excluding tert-OH is 1. The van der Waals surface area contributed by atoms with Gasteiger partial charge in [0.25, 0.3) is 0 Å². The van der Waals surface area contributed by atoms with Crippen LogP contribution in [0, 0.1) is 0 Å². The van der Waals surface area contributed by atoms with Crippen LogP contribution in [0.4, 0.5) is 0 Å². The van der Waals surface area contributed by atoms with Crippen LogP contribution in [-0.4, -0.2) is 43.9 Å². The molecule has 0 aliphatic carbocycles. The van der Waals surface area contributed by atoms with Gasteiger partial charge in [-0.15, -0.1) is 23.7 Å². The number of likely N-dealkylation sites (N-methyl/N-ethyl adjacent to an activating group) is 1. The van der Waals surface area contributed by atoms with Crippen molar-refractivity contribution in [3.8, 4) is 0 Å². The molecule has 0 fully saturated rings. The van der Waals surface area contributed by atoms with Crippen molar-refractivity contribution in [2.24, 2.45) is 0 Å². The Hall–Kier alpha value is -0.910. The van der Waals surface area contributed by atoms with E-state index in [0.29, 0.717) is 6.61 Å². The van der Waals surface area contributed by atoms with E-state index in [0.717, 1.165) is 13.0 Å². The van der Waals surface area contributed by atoms with Crippen LogP contribution in [0.2, 0.25) is 0 Å². The summed E-state index contributed by atoms with van der Waals surface area (Å²) in [6.45, 7) is 1.27. The predicted octanol–water partition coefficient (Wildman–Crippen LogP) is 3.37. The molecule has 2 rings (SSSR count). The zero-order chi connectivity index (χ0) is 15.1. The topological polar surface area (TPSA) is 32.7 Å². The minimum Gasteiger partial charge on any atom is -0.394 e. The van der Waals surface area contributed by atoms with Gasteiger partial charge >= 0.3 is 0 Å². The molecule has 1 atom stereocenters. The first-order chi connectivity index (χ1) is 10.2. The standard InChI is InChI=1S/C17H23NO2S.ClH/c1-18(2)12-16(20-9-8-19)17-11-15(13-21-17)10-14-6-4-3-5-7-14;/h3-7,11,13,16,19H,8-10,12H2,1-2H3;1H. The third-order valence-corrected chi connectivity index (χ3v) is 4.26. The van der Waals surface area contributed by atoms with Gasteiger partial charge in [-0.1, -0.05) is 30.3 Å². The molecule has 0 spiro atoms. The number of hydrogen-bond donors (Lipinski definition) is 1. The molecule has 0 bridgehead atoms. The van der Waals surface area contributed by atoms with Gasteiger partial charge in [0.05, 0.1) is 13.2 Å². The molecular weight excluding hydrogens is 318 g/mol.